The van der Waals surface area contributed by atoms with Crippen LogP contribution in [0.25, 0.3) is 0 Å². The van der Waals surface area contributed by atoms with Crippen molar-refractivity contribution < 1.29 is 19.1 Å². The number of benzene rings is 1. The van der Waals surface area contributed by atoms with Crippen LogP contribution in [0.2, 0.25) is 0 Å². The Kier molecular flexibility index (Phi) is 8.31. The molecule has 0 aliphatic rings. The molecule has 1 rings (SSSR count). The van der Waals surface area contributed by atoms with Crippen LogP contribution >= 0.6 is 0 Å². The van der Waals surface area contributed by atoms with Crippen LogP contribution in [0.3, 0.4) is 0 Å². The minimum Gasteiger partial charge on any atom is -0.462 e. The molecule has 1 aromatic carbocycles. The molecule has 0 atom stereocenters. The summed E-state index contributed by atoms with van der Waals surface area (Å²) < 4.78 is 10.1. The van der Waals surface area contributed by atoms with Gasteiger partial charge in [0.05, 0.1) is 24.3 Å². The molecule has 0 heterocycles. The zero-order chi connectivity index (χ0) is 15.1. The van der Waals surface area contributed by atoms with Crippen molar-refractivity contribution in [1.29, 1.82) is 0 Å². The maximum atomic E-state index is 12.2. The largest absolute Gasteiger partial charge is 0.462 e. The summed E-state index contributed by atoms with van der Waals surface area (Å²) in [6, 6.07) is 3.54. The molecule has 118 valence electrons. The van der Waals surface area contributed by atoms with Crippen molar-refractivity contribution >= 4 is 11.9 Å². The van der Waals surface area contributed by atoms with E-state index >= 15 is 0 Å². The van der Waals surface area contributed by atoms with Gasteiger partial charge in [0.15, 0.2) is 0 Å². The molecule has 0 bridgehead atoms. The number of esters is 2. The Morgan fingerprint density at radius 2 is 1.48 bits per heavy atom. The van der Waals surface area contributed by atoms with Crippen molar-refractivity contribution in [2.45, 2.75) is 40.5 Å². The third-order valence-electron chi connectivity index (χ3n) is 3.12. The average Bonchev–Trinajstić information content (AvgIpc) is 2.45. The summed E-state index contributed by atoms with van der Waals surface area (Å²) in [7, 11) is 0. The first-order valence-corrected chi connectivity index (χ1v) is 7.09. The fraction of sp³-hybridized carbons (Fsp3) is 0.500. The molecule has 0 saturated heterocycles. The monoisotopic (exact) mass is 295 g/mol. The minimum absolute atomic E-state index is 0. The zero-order valence-corrected chi connectivity index (χ0v) is 13.3. The number of carbonyl (C=O) groups excluding carboxylic acids is 2. The van der Waals surface area contributed by atoms with E-state index in [9.17, 15) is 9.59 Å². The quantitative estimate of drug-likeness (QED) is 0.813. The molecule has 0 amide bonds. The Hall–Kier alpha value is -1.88. The van der Waals surface area contributed by atoms with E-state index in [4.69, 9.17) is 9.47 Å². The Morgan fingerprint density at radius 3 is 1.95 bits per heavy atom. The van der Waals surface area contributed by atoms with Crippen molar-refractivity contribution in [2.24, 2.45) is 0 Å². The Bertz CT molecular complexity index is 497. The van der Waals surface area contributed by atoms with Crippen LogP contribution in [0.5, 0.6) is 0 Å². The third kappa shape index (κ3) is 4.29. The second kappa shape index (κ2) is 9.13. The normalized spacial score (nSPS) is 9.71. The molecule has 5 heteroatoms. The maximum absolute atomic E-state index is 12.2. The molecule has 0 spiro atoms. The minimum atomic E-state index is -0.479. The number of carbonyl (C=O) groups is 2. The van der Waals surface area contributed by atoms with Gasteiger partial charge in [-0.05, 0) is 43.9 Å². The molecular weight excluding hydrogens is 270 g/mol. The lowest BCUT2D eigenvalue weighted by molar-refractivity contribution is 0.0477. The van der Waals surface area contributed by atoms with Crippen molar-refractivity contribution in [3.63, 3.8) is 0 Å². The molecule has 0 unspecified atom stereocenters. The van der Waals surface area contributed by atoms with Gasteiger partial charge in [-0.25, -0.2) is 9.59 Å². The van der Waals surface area contributed by atoms with Gasteiger partial charge >= 0.3 is 11.9 Å². The van der Waals surface area contributed by atoms with Gasteiger partial charge in [-0.1, -0.05) is 19.9 Å². The van der Waals surface area contributed by atoms with E-state index < -0.39 is 11.9 Å². The third-order valence-corrected chi connectivity index (χ3v) is 3.12. The molecule has 3 N–H and O–H groups in total. The maximum Gasteiger partial charge on any atom is 0.339 e. The van der Waals surface area contributed by atoms with Crippen molar-refractivity contribution in [3.8, 4) is 0 Å². The predicted octanol–water partition coefficient (Wildman–Crippen LogP) is 3.33. The number of aryl methyl sites for hydroxylation is 1. The first-order chi connectivity index (χ1) is 9.60. The molecule has 0 radical (unpaired) electrons. The lowest BCUT2D eigenvalue weighted by atomic mass is 9.93. The Morgan fingerprint density at radius 1 is 0.905 bits per heavy atom. The van der Waals surface area contributed by atoms with Gasteiger partial charge < -0.3 is 15.6 Å². The summed E-state index contributed by atoms with van der Waals surface area (Å²) in [5.74, 6) is -0.935. The highest BCUT2D eigenvalue weighted by Crippen LogP contribution is 2.23. The average molecular weight is 295 g/mol. The van der Waals surface area contributed by atoms with Gasteiger partial charge in [-0.15, -0.1) is 0 Å². The molecule has 0 aromatic heterocycles. The highest BCUT2D eigenvalue weighted by Gasteiger charge is 2.23. The van der Waals surface area contributed by atoms with Crippen molar-refractivity contribution in [1.82, 2.24) is 6.15 Å². The lowest BCUT2D eigenvalue weighted by Crippen LogP contribution is -2.17. The number of rotatable bonds is 6. The standard InChI is InChI=1S/C16H22O4.H3N/c1-5-11-9-10-13(15(17)19-7-3)14(12(11)6-2)16(18)20-8-4;/h9-10H,5-8H2,1-4H3;1H3. The first-order valence-electron chi connectivity index (χ1n) is 7.09. The Balaban J connectivity index is 0.00000400. The molecule has 1 aromatic rings. The van der Waals surface area contributed by atoms with E-state index in [1.807, 2.05) is 19.9 Å². The van der Waals surface area contributed by atoms with Crippen molar-refractivity contribution in [2.75, 3.05) is 13.2 Å². The van der Waals surface area contributed by atoms with Crippen LogP contribution in [-0.4, -0.2) is 25.2 Å². The fourth-order valence-electron chi connectivity index (χ4n) is 2.24. The first kappa shape index (κ1) is 19.1. The smallest absolute Gasteiger partial charge is 0.339 e. The SMILES string of the molecule is CCOC(=O)c1ccc(CC)c(CC)c1C(=O)OCC.N. The van der Waals surface area contributed by atoms with Crippen LogP contribution in [0.1, 0.15) is 59.5 Å². The molecular formula is C16H25NO4. The zero-order valence-electron chi connectivity index (χ0n) is 13.3. The highest BCUT2D eigenvalue weighted by atomic mass is 16.5. The van der Waals surface area contributed by atoms with Gasteiger partial charge in [0.2, 0.25) is 0 Å². The molecule has 0 aliphatic heterocycles. The van der Waals surface area contributed by atoms with Gasteiger partial charge in [-0.2, -0.15) is 0 Å². The van der Waals surface area contributed by atoms with E-state index in [0.29, 0.717) is 17.5 Å². The highest BCUT2D eigenvalue weighted by molar-refractivity contribution is 6.04. The fourth-order valence-corrected chi connectivity index (χ4v) is 2.24. The summed E-state index contributed by atoms with van der Waals surface area (Å²) in [4.78, 5) is 24.2. The molecule has 5 nitrogen and oxygen atoms in total. The molecule has 21 heavy (non-hydrogen) atoms. The van der Waals surface area contributed by atoms with Gasteiger partial charge in [0.1, 0.15) is 0 Å². The van der Waals surface area contributed by atoms with E-state index in [1.54, 1.807) is 19.9 Å². The van der Waals surface area contributed by atoms with E-state index in [0.717, 1.165) is 17.5 Å². The number of hydrogen-bond acceptors (Lipinski definition) is 5. The van der Waals surface area contributed by atoms with E-state index in [2.05, 4.69) is 0 Å². The molecule has 0 aliphatic carbocycles. The van der Waals surface area contributed by atoms with Crippen LogP contribution in [-0.2, 0) is 22.3 Å². The summed E-state index contributed by atoms with van der Waals surface area (Å²) in [6.07, 6.45) is 1.48. The summed E-state index contributed by atoms with van der Waals surface area (Å²) in [6.45, 7) is 8.03. The Labute approximate surface area is 126 Å². The predicted molar refractivity (Wildman–Crippen MR) is 82.1 cm³/mol. The van der Waals surface area contributed by atoms with Crippen LogP contribution in [0, 0.1) is 0 Å². The second-order valence-electron chi connectivity index (χ2n) is 4.27. The van der Waals surface area contributed by atoms with Crippen LogP contribution < -0.4 is 6.15 Å². The second-order valence-corrected chi connectivity index (χ2v) is 4.27. The number of hydrogen-bond donors (Lipinski definition) is 1. The topological polar surface area (TPSA) is 87.6 Å². The van der Waals surface area contributed by atoms with Gasteiger partial charge in [-0.3, -0.25) is 0 Å². The lowest BCUT2D eigenvalue weighted by Gasteiger charge is -2.15. The van der Waals surface area contributed by atoms with Crippen LogP contribution in [0.15, 0.2) is 12.1 Å². The molecule has 0 saturated carbocycles. The summed E-state index contributed by atoms with van der Waals surface area (Å²) in [5, 5.41) is 0. The summed E-state index contributed by atoms with van der Waals surface area (Å²) >= 11 is 0. The van der Waals surface area contributed by atoms with Crippen molar-refractivity contribution in [3.05, 3.63) is 34.4 Å². The molecule has 0 fully saturated rings. The summed E-state index contributed by atoms with van der Waals surface area (Å²) in [5.41, 5.74) is 2.58. The van der Waals surface area contributed by atoms with Crippen LogP contribution in [0.4, 0.5) is 0 Å². The van der Waals surface area contributed by atoms with E-state index in [-0.39, 0.29) is 19.4 Å². The van der Waals surface area contributed by atoms with Gasteiger partial charge in [0.25, 0.3) is 0 Å². The van der Waals surface area contributed by atoms with E-state index in [1.165, 1.54) is 0 Å². The number of ether oxygens (including phenoxy) is 2. The van der Waals surface area contributed by atoms with Gasteiger partial charge in [0, 0.05) is 0 Å².